The predicted molar refractivity (Wildman–Crippen MR) is 79.6 cm³/mol. The Hall–Kier alpha value is -1.52. The standard InChI is InChI=1S/C14H26N4O/c1-6-8-10-16-12(18-14(3,4)5)11(15)13(17-10)19-9-7-2/h6-9,15H2,1-5H3,(H,16,17,18). The monoisotopic (exact) mass is 266 g/mol. The summed E-state index contributed by atoms with van der Waals surface area (Å²) < 4.78 is 5.61. The van der Waals surface area contributed by atoms with E-state index in [2.05, 4.69) is 49.9 Å². The molecule has 0 unspecified atom stereocenters. The van der Waals surface area contributed by atoms with Gasteiger partial charge in [-0.25, -0.2) is 4.98 Å². The zero-order valence-corrected chi connectivity index (χ0v) is 12.7. The summed E-state index contributed by atoms with van der Waals surface area (Å²) in [4.78, 5) is 8.88. The molecule has 3 N–H and O–H groups in total. The molecule has 1 aromatic heterocycles. The van der Waals surface area contributed by atoms with Crippen molar-refractivity contribution in [2.45, 2.75) is 59.4 Å². The first-order chi connectivity index (χ1) is 8.87. The zero-order valence-electron chi connectivity index (χ0n) is 12.7. The van der Waals surface area contributed by atoms with Crippen molar-refractivity contribution in [2.75, 3.05) is 17.7 Å². The molecule has 0 amide bonds. The summed E-state index contributed by atoms with van der Waals surface area (Å²) in [6.07, 6.45) is 2.74. The lowest BCUT2D eigenvalue weighted by Gasteiger charge is -2.23. The molecule has 1 rings (SSSR count). The largest absolute Gasteiger partial charge is 0.476 e. The maximum absolute atomic E-state index is 6.08. The van der Waals surface area contributed by atoms with Crippen LogP contribution >= 0.6 is 0 Å². The van der Waals surface area contributed by atoms with E-state index in [1.165, 1.54) is 0 Å². The maximum atomic E-state index is 6.08. The van der Waals surface area contributed by atoms with Crippen LogP contribution in [0.2, 0.25) is 0 Å². The molecular formula is C14H26N4O. The number of hydrogen-bond acceptors (Lipinski definition) is 5. The molecule has 0 fully saturated rings. The molecule has 108 valence electrons. The normalized spacial score (nSPS) is 11.4. The third-order valence-electron chi connectivity index (χ3n) is 2.37. The number of hydrogen-bond donors (Lipinski definition) is 2. The van der Waals surface area contributed by atoms with Crippen molar-refractivity contribution in [1.29, 1.82) is 0 Å². The van der Waals surface area contributed by atoms with Crippen molar-refractivity contribution < 1.29 is 4.74 Å². The van der Waals surface area contributed by atoms with Crippen LogP contribution in [-0.2, 0) is 6.42 Å². The molecule has 1 heterocycles. The number of anilines is 2. The molecule has 0 aliphatic rings. The molecular weight excluding hydrogens is 240 g/mol. The molecule has 0 aromatic carbocycles. The van der Waals surface area contributed by atoms with Gasteiger partial charge in [-0.2, -0.15) is 4.98 Å². The fourth-order valence-electron chi connectivity index (χ4n) is 1.59. The molecule has 0 aliphatic carbocycles. The van der Waals surface area contributed by atoms with Crippen molar-refractivity contribution >= 4 is 11.5 Å². The van der Waals surface area contributed by atoms with E-state index >= 15 is 0 Å². The third-order valence-corrected chi connectivity index (χ3v) is 2.37. The second-order valence-electron chi connectivity index (χ2n) is 5.68. The maximum Gasteiger partial charge on any atom is 0.242 e. The minimum Gasteiger partial charge on any atom is -0.476 e. The van der Waals surface area contributed by atoms with Gasteiger partial charge in [-0.3, -0.25) is 0 Å². The summed E-state index contributed by atoms with van der Waals surface area (Å²) in [5.74, 6) is 1.93. The van der Waals surface area contributed by atoms with Crippen LogP contribution in [-0.4, -0.2) is 22.1 Å². The van der Waals surface area contributed by atoms with Gasteiger partial charge in [0.1, 0.15) is 11.5 Å². The van der Waals surface area contributed by atoms with Crippen LogP contribution < -0.4 is 15.8 Å². The molecule has 5 nitrogen and oxygen atoms in total. The lowest BCUT2D eigenvalue weighted by Crippen LogP contribution is -2.28. The van der Waals surface area contributed by atoms with Crippen LogP contribution in [0.4, 0.5) is 11.5 Å². The predicted octanol–water partition coefficient (Wildman–Crippen LogP) is 3.01. The Morgan fingerprint density at radius 1 is 1.16 bits per heavy atom. The molecule has 0 radical (unpaired) electrons. The quantitative estimate of drug-likeness (QED) is 0.828. The van der Waals surface area contributed by atoms with Gasteiger partial charge in [0, 0.05) is 12.0 Å². The minimum absolute atomic E-state index is 0.103. The van der Waals surface area contributed by atoms with E-state index in [4.69, 9.17) is 10.5 Å². The Morgan fingerprint density at radius 2 is 1.84 bits per heavy atom. The SMILES string of the molecule is CCCOc1nc(CCC)nc(NC(C)(C)C)c1N. The van der Waals surface area contributed by atoms with Crippen molar-refractivity contribution in [3.8, 4) is 5.88 Å². The highest BCUT2D eigenvalue weighted by atomic mass is 16.5. The number of ether oxygens (including phenoxy) is 1. The summed E-state index contributed by atoms with van der Waals surface area (Å²) in [6, 6.07) is 0. The van der Waals surface area contributed by atoms with Crippen molar-refractivity contribution in [1.82, 2.24) is 9.97 Å². The van der Waals surface area contributed by atoms with Gasteiger partial charge < -0.3 is 15.8 Å². The van der Waals surface area contributed by atoms with Crippen molar-refractivity contribution in [2.24, 2.45) is 0 Å². The smallest absolute Gasteiger partial charge is 0.242 e. The van der Waals surface area contributed by atoms with Gasteiger partial charge in [-0.05, 0) is 33.6 Å². The van der Waals surface area contributed by atoms with E-state index in [1.807, 2.05) is 0 Å². The summed E-state index contributed by atoms with van der Waals surface area (Å²) in [5.41, 5.74) is 6.47. The fraction of sp³-hybridized carbons (Fsp3) is 0.714. The number of nitrogen functional groups attached to an aromatic ring is 1. The van der Waals surface area contributed by atoms with Crippen LogP contribution in [0.1, 0.15) is 53.3 Å². The van der Waals surface area contributed by atoms with Gasteiger partial charge in [0.2, 0.25) is 5.88 Å². The lowest BCUT2D eigenvalue weighted by atomic mass is 10.1. The van der Waals surface area contributed by atoms with Gasteiger partial charge in [-0.1, -0.05) is 13.8 Å². The Kier molecular flexibility index (Phi) is 5.39. The molecule has 5 heteroatoms. The summed E-state index contributed by atoms with van der Waals surface area (Å²) in [7, 11) is 0. The van der Waals surface area contributed by atoms with E-state index in [9.17, 15) is 0 Å². The number of rotatable bonds is 6. The minimum atomic E-state index is -0.103. The number of nitrogens with zero attached hydrogens (tertiary/aromatic N) is 2. The van der Waals surface area contributed by atoms with Crippen LogP contribution in [0.3, 0.4) is 0 Å². The lowest BCUT2D eigenvalue weighted by molar-refractivity contribution is 0.305. The van der Waals surface area contributed by atoms with E-state index < -0.39 is 0 Å². The summed E-state index contributed by atoms with van der Waals surface area (Å²) >= 11 is 0. The average Bonchev–Trinajstić information content (AvgIpc) is 2.30. The van der Waals surface area contributed by atoms with Crippen molar-refractivity contribution in [3.63, 3.8) is 0 Å². The van der Waals surface area contributed by atoms with Gasteiger partial charge >= 0.3 is 0 Å². The number of aromatic nitrogens is 2. The van der Waals surface area contributed by atoms with Gasteiger partial charge in [0.25, 0.3) is 0 Å². The molecule has 0 saturated heterocycles. The Morgan fingerprint density at radius 3 is 2.37 bits per heavy atom. The van der Waals surface area contributed by atoms with Crippen LogP contribution in [0.5, 0.6) is 5.88 Å². The topological polar surface area (TPSA) is 73.1 Å². The Balaban J connectivity index is 3.09. The van der Waals surface area contributed by atoms with E-state index in [1.54, 1.807) is 0 Å². The summed E-state index contributed by atoms with van der Waals surface area (Å²) in [5, 5.41) is 3.31. The second kappa shape index (κ2) is 6.59. The first-order valence-electron chi connectivity index (χ1n) is 6.94. The van der Waals surface area contributed by atoms with E-state index in [0.717, 1.165) is 25.1 Å². The number of nitrogens with one attached hydrogen (secondary N) is 1. The van der Waals surface area contributed by atoms with Crippen LogP contribution in [0.15, 0.2) is 0 Å². The molecule has 0 saturated carbocycles. The zero-order chi connectivity index (χ0) is 14.5. The highest BCUT2D eigenvalue weighted by Crippen LogP contribution is 2.28. The first-order valence-corrected chi connectivity index (χ1v) is 6.94. The molecule has 0 atom stereocenters. The van der Waals surface area contributed by atoms with E-state index in [0.29, 0.717) is 24.0 Å². The Labute approximate surface area is 116 Å². The van der Waals surface area contributed by atoms with E-state index in [-0.39, 0.29) is 5.54 Å². The molecule has 0 bridgehead atoms. The van der Waals surface area contributed by atoms with Gasteiger partial charge in [-0.15, -0.1) is 0 Å². The summed E-state index contributed by atoms with van der Waals surface area (Å²) in [6.45, 7) is 11.0. The average molecular weight is 266 g/mol. The molecule has 19 heavy (non-hydrogen) atoms. The van der Waals surface area contributed by atoms with Crippen LogP contribution in [0, 0.1) is 0 Å². The van der Waals surface area contributed by atoms with Crippen molar-refractivity contribution in [3.05, 3.63) is 5.82 Å². The number of aryl methyl sites for hydroxylation is 1. The second-order valence-corrected chi connectivity index (χ2v) is 5.68. The highest BCUT2D eigenvalue weighted by molar-refractivity contribution is 5.67. The van der Waals surface area contributed by atoms with Gasteiger partial charge in [0.15, 0.2) is 5.82 Å². The van der Waals surface area contributed by atoms with Gasteiger partial charge in [0.05, 0.1) is 6.61 Å². The fourth-order valence-corrected chi connectivity index (χ4v) is 1.59. The Bertz CT molecular complexity index is 413. The molecule has 1 aromatic rings. The number of nitrogens with two attached hydrogens (primary N) is 1. The third kappa shape index (κ3) is 4.93. The molecule has 0 spiro atoms. The first kappa shape index (κ1) is 15.5. The van der Waals surface area contributed by atoms with Crippen LogP contribution in [0.25, 0.3) is 0 Å². The highest BCUT2D eigenvalue weighted by Gasteiger charge is 2.17. The molecule has 0 aliphatic heterocycles.